The molecule has 0 bridgehead atoms. The van der Waals surface area contributed by atoms with Crippen molar-refractivity contribution in [3.8, 4) is 11.4 Å². The first kappa shape index (κ1) is 13.4. The first-order valence-electron chi connectivity index (χ1n) is 5.23. The fourth-order valence-corrected chi connectivity index (χ4v) is 2.56. The third-order valence-corrected chi connectivity index (χ3v) is 3.54. The summed E-state index contributed by atoms with van der Waals surface area (Å²) < 4.78 is 30.6. The molecule has 2 aromatic rings. The van der Waals surface area contributed by atoms with E-state index in [1.165, 1.54) is 17.6 Å². The van der Waals surface area contributed by atoms with E-state index in [1.807, 2.05) is 13.8 Å². The summed E-state index contributed by atoms with van der Waals surface area (Å²) in [7, 11) is 0. The van der Waals surface area contributed by atoms with Crippen LogP contribution in [0.2, 0.25) is 0 Å². The van der Waals surface area contributed by atoms with Crippen molar-refractivity contribution in [1.82, 2.24) is 9.36 Å². The average Bonchev–Trinajstić information content (AvgIpc) is 2.73. The topological polar surface area (TPSA) is 37.8 Å². The Bertz CT molecular complexity index is 571. The van der Waals surface area contributed by atoms with Gasteiger partial charge in [0.25, 0.3) is 0 Å². The summed E-state index contributed by atoms with van der Waals surface area (Å²) in [6, 6.07) is 2.74. The second-order valence-corrected chi connectivity index (χ2v) is 5.49. The van der Waals surface area contributed by atoms with Gasteiger partial charge in [0.2, 0.25) is 5.13 Å². The highest BCUT2D eigenvalue weighted by atomic mass is 79.9. The van der Waals surface area contributed by atoms with Gasteiger partial charge in [0.1, 0.15) is 0 Å². The largest absolute Gasteiger partial charge is 0.358 e. The summed E-state index contributed by atoms with van der Waals surface area (Å²) >= 11 is 4.20. The molecule has 1 heterocycles. The van der Waals surface area contributed by atoms with E-state index in [0.29, 0.717) is 16.5 Å². The van der Waals surface area contributed by atoms with Crippen molar-refractivity contribution in [2.75, 3.05) is 5.32 Å². The Morgan fingerprint density at radius 2 is 2.06 bits per heavy atom. The molecule has 0 saturated carbocycles. The Labute approximate surface area is 116 Å². The molecule has 3 nitrogen and oxygen atoms in total. The summed E-state index contributed by atoms with van der Waals surface area (Å²) in [6.07, 6.45) is 0. The number of rotatable bonds is 3. The van der Waals surface area contributed by atoms with Gasteiger partial charge < -0.3 is 5.32 Å². The predicted molar refractivity (Wildman–Crippen MR) is 71.7 cm³/mol. The van der Waals surface area contributed by atoms with Crippen LogP contribution in [0.5, 0.6) is 0 Å². The highest BCUT2D eigenvalue weighted by molar-refractivity contribution is 9.10. The van der Waals surface area contributed by atoms with E-state index in [-0.39, 0.29) is 10.5 Å². The second-order valence-electron chi connectivity index (χ2n) is 3.95. The number of nitrogens with zero attached hydrogens (tertiary/aromatic N) is 2. The zero-order valence-corrected chi connectivity index (χ0v) is 12.1. The maximum Gasteiger partial charge on any atom is 0.203 e. The van der Waals surface area contributed by atoms with Gasteiger partial charge in [-0.2, -0.15) is 9.36 Å². The molecular weight excluding hydrogens is 324 g/mol. The van der Waals surface area contributed by atoms with E-state index in [4.69, 9.17) is 0 Å². The fraction of sp³-hybridized carbons (Fsp3) is 0.273. The van der Waals surface area contributed by atoms with Crippen molar-refractivity contribution in [3.05, 3.63) is 28.2 Å². The zero-order valence-electron chi connectivity index (χ0n) is 9.67. The Morgan fingerprint density at radius 1 is 1.33 bits per heavy atom. The lowest BCUT2D eigenvalue weighted by Gasteiger charge is -2.04. The summed E-state index contributed by atoms with van der Waals surface area (Å²) in [5.74, 6) is -1.46. The minimum Gasteiger partial charge on any atom is -0.358 e. The van der Waals surface area contributed by atoms with Crippen LogP contribution in [-0.4, -0.2) is 15.4 Å². The van der Waals surface area contributed by atoms with Crippen LogP contribution < -0.4 is 5.32 Å². The van der Waals surface area contributed by atoms with E-state index in [9.17, 15) is 8.78 Å². The molecule has 18 heavy (non-hydrogen) atoms. The number of hydrogen-bond donors (Lipinski definition) is 1. The van der Waals surface area contributed by atoms with Crippen LogP contribution in [0, 0.1) is 11.6 Å². The molecule has 0 spiro atoms. The standard InChI is InChI=1S/C11H10BrF2N3S/c1-5(2)15-11-16-10(17-18-11)6-3-4-7(13)9(14)8(6)12/h3-5H,1-2H3,(H,15,16,17). The first-order valence-corrected chi connectivity index (χ1v) is 6.79. The van der Waals surface area contributed by atoms with Gasteiger partial charge in [-0.3, -0.25) is 0 Å². The van der Waals surface area contributed by atoms with E-state index in [0.717, 1.165) is 6.07 Å². The molecule has 0 aliphatic heterocycles. The van der Waals surface area contributed by atoms with E-state index in [1.54, 1.807) is 0 Å². The molecular formula is C11H10BrF2N3S. The lowest BCUT2D eigenvalue weighted by Crippen LogP contribution is -2.09. The Kier molecular flexibility index (Phi) is 3.91. The van der Waals surface area contributed by atoms with Gasteiger partial charge >= 0.3 is 0 Å². The first-order chi connectivity index (χ1) is 8.49. The van der Waals surface area contributed by atoms with Crippen LogP contribution >= 0.6 is 27.5 Å². The Balaban J connectivity index is 2.37. The maximum absolute atomic E-state index is 13.4. The summed E-state index contributed by atoms with van der Waals surface area (Å²) in [4.78, 5) is 4.23. The summed E-state index contributed by atoms with van der Waals surface area (Å²) in [5, 5.41) is 3.75. The van der Waals surface area contributed by atoms with Crippen LogP contribution in [0.15, 0.2) is 16.6 Å². The zero-order chi connectivity index (χ0) is 13.3. The normalized spacial score (nSPS) is 11.0. The molecule has 1 N–H and O–H groups in total. The van der Waals surface area contributed by atoms with Crippen LogP contribution in [0.1, 0.15) is 13.8 Å². The van der Waals surface area contributed by atoms with E-state index >= 15 is 0 Å². The smallest absolute Gasteiger partial charge is 0.203 e. The van der Waals surface area contributed by atoms with Gasteiger partial charge in [-0.25, -0.2) is 8.78 Å². The van der Waals surface area contributed by atoms with E-state index in [2.05, 4.69) is 30.6 Å². The second kappa shape index (κ2) is 5.27. The number of halogens is 3. The molecule has 0 saturated heterocycles. The molecule has 1 aromatic carbocycles. The predicted octanol–water partition coefficient (Wildman–Crippen LogP) is 4.07. The van der Waals surface area contributed by atoms with Gasteiger partial charge in [-0.1, -0.05) is 0 Å². The van der Waals surface area contributed by atoms with Crippen LogP contribution in [0.3, 0.4) is 0 Å². The highest BCUT2D eigenvalue weighted by Crippen LogP contribution is 2.31. The molecule has 0 radical (unpaired) electrons. The van der Waals surface area contributed by atoms with Crippen LogP contribution in [-0.2, 0) is 0 Å². The molecule has 7 heteroatoms. The maximum atomic E-state index is 13.4. The molecule has 0 fully saturated rings. The van der Waals surface area contributed by atoms with Crippen molar-refractivity contribution in [1.29, 1.82) is 0 Å². The van der Waals surface area contributed by atoms with Crippen molar-refractivity contribution in [2.24, 2.45) is 0 Å². The average molecular weight is 334 g/mol. The van der Waals surface area contributed by atoms with E-state index < -0.39 is 11.6 Å². The third kappa shape index (κ3) is 2.67. The minimum atomic E-state index is -0.930. The molecule has 2 rings (SSSR count). The lowest BCUT2D eigenvalue weighted by molar-refractivity contribution is 0.504. The van der Waals surface area contributed by atoms with Gasteiger partial charge in [0.15, 0.2) is 17.5 Å². The quantitative estimate of drug-likeness (QED) is 0.860. The molecule has 96 valence electrons. The van der Waals surface area contributed by atoms with Crippen LogP contribution in [0.4, 0.5) is 13.9 Å². The van der Waals surface area contributed by atoms with Gasteiger partial charge in [-0.05, 0) is 41.9 Å². The van der Waals surface area contributed by atoms with Crippen molar-refractivity contribution in [3.63, 3.8) is 0 Å². The number of anilines is 1. The minimum absolute atomic E-state index is 0.0383. The number of nitrogens with one attached hydrogen (secondary N) is 1. The third-order valence-electron chi connectivity index (χ3n) is 2.11. The molecule has 0 unspecified atom stereocenters. The van der Waals surface area contributed by atoms with Crippen molar-refractivity contribution in [2.45, 2.75) is 19.9 Å². The molecule has 1 aromatic heterocycles. The number of hydrogen-bond acceptors (Lipinski definition) is 4. The van der Waals surface area contributed by atoms with Gasteiger partial charge in [0, 0.05) is 23.1 Å². The molecule has 0 amide bonds. The fourth-order valence-electron chi connectivity index (χ4n) is 1.34. The molecule has 0 aliphatic rings. The summed E-state index contributed by atoms with van der Waals surface area (Å²) in [6.45, 7) is 3.96. The lowest BCUT2D eigenvalue weighted by atomic mass is 10.2. The monoisotopic (exact) mass is 333 g/mol. The van der Waals surface area contributed by atoms with Crippen molar-refractivity contribution >= 4 is 32.6 Å². The number of aromatic nitrogens is 2. The van der Waals surface area contributed by atoms with Gasteiger partial charge in [0.05, 0.1) is 4.47 Å². The number of benzene rings is 1. The Hall–Kier alpha value is -1.08. The summed E-state index contributed by atoms with van der Waals surface area (Å²) in [5.41, 5.74) is 0.432. The van der Waals surface area contributed by atoms with Crippen LogP contribution in [0.25, 0.3) is 11.4 Å². The highest BCUT2D eigenvalue weighted by Gasteiger charge is 2.16. The van der Waals surface area contributed by atoms with Crippen molar-refractivity contribution < 1.29 is 8.78 Å². The molecule has 0 aliphatic carbocycles. The van der Waals surface area contributed by atoms with Gasteiger partial charge in [-0.15, -0.1) is 0 Å². The Morgan fingerprint density at radius 3 is 2.72 bits per heavy atom. The molecule has 0 atom stereocenters. The SMILES string of the molecule is CC(C)Nc1nc(-c2ccc(F)c(F)c2Br)ns1.